The quantitative estimate of drug-likeness (QED) is 0.910. The van der Waals surface area contributed by atoms with Crippen LogP contribution in [0, 0.1) is 0 Å². The minimum atomic E-state index is -0.177. The lowest BCUT2D eigenvalue weighted by Crippen LogP contribution is -2.26. The molecule has 0 saturated heterocycles. The van der Waals surface area contributed by atoms with Crippen molar-refractivity contribution in [2.24, 2.45) is 0 Å². The van der Waals surface area contributed by atoms with Crippen molar-refractivity contribution >= 4 is 17.5 Å². The predicted octanol–water partition coefficient (Wildman–Crippen LogP) is 3.85. The number of ether oxygens (including phenoxy) is 2. The summed E-state index contributed by atoms with van der Waals surface area (Å²) >= 11 is 5.87. The molecule has 22 heavy (non-hydrogen) atoms. The highest BCUT2D eigenvalue weighted by molar-refractivity contribution is 6.30. The molecule has 0 unspecified atom stereocenters. The molecule has 0 aromatic heterocycles. The van der Waals surface area contributed by atoms with Crippen LogP contribution in [0.3, 0.4) is 0 Å². The van der Waals surface area contributed by atoms with Crippen LogP contribution in [0.2, 0.25) is 5.02 Å². The molecule has 2 rings (SSSR count). The molecule has 0 aliphatic carbocycles. The Kier molecular flexibility index (Phi) is 5.28. The van der Waals surface area contributed by atoms with Gasteiger partial charge in [-0.1, -0.05) is 23.7 Å². The van der Waals surface area contributed by atoms with Crippen LogP contribution in [0.25, 0.3) is 0 Å². The van der Waals surface area contributed by atoms with Crippen molar-refractivity contribution in [1.82, 2.24) is 5.32 Å². The maximum Gasteiger partial charge on any atom is 0.251 e. The number of methoxy groups -OCH3 is 2. The van der Waals surface area contributed by atoms with Crippen LogP contribution < -0.4 is 14.8 Å². The molecule has 0 aliphatic heterocycles. The SMILES string of the molecule is COc1ccc(C(=O)N[C@@H](C)c2ccc(Cl)cc2)cc1OC. The van der Waals surface area contributed by atoms with Gasteiger partial charge >= 0.3 is 0 Å². The van der Waals surface area contributed by atoms with Gasteiger partial charge in [-0.2, -0.15) is 0 Å². The van der Waals surface area contributed by atoms with Gasteiger partial charge in [-0.15, -0.1) is 0 Å². The first-order chi connectivity index (χ1) is 10.5. The van der Waals surface area contributed by atoms with Crippen LogP contribution in [0.15, 0.2) is 42.5 Å². The normalized spacial score (nSPS) is 11.6. The van der Waals surface area contributed by atoms with Crippen molar-refractivity contribution in [2.75, 3.05) is 14.2 Å². The Bertz CT molecular complexity index is 655. The lowest BCUT2D eigenvalue weighted by Gasteiger charge is -2.15. The van der Waals surface area contributed by atoms with E-state index in [4.69, 9.17) is 21.1 Å². The maximum atomic E-state index is 12.3. The Morgan fingerprint density at radius 2 is 1.68 bits per heavy atom. The zero-order valence-corrected chi connectivity index (χ0v) is 13.5. The maximum absolute atomic E-state index is 12.3. The Morgan fingerprint density at radius 1 is 1.05 bits per heavy atom. The number of nitrogens with one attached hydrogen (secondary N) is 1. The van der Waals surface area contributed by atoms with E-state index in [1.165, 1.54) is 7.11 Å². The molecule has 0 radical (unpaired) electrons. The van der Waals surface area contributed by atoms with Crippen LogP contribution >= 0.6 is 11.6 Å². The zero-order valence-electron chi connectivity index (χ0n) is 12.7. The van der Waals surface area contributed by atoms with Crippen molar-refractivity contribution in [3.8, 4) is 11.5 Å². The summed E-state index contributed by atoms with van der Waals surface area (Å²) in [6.45, 7) is 1.92. The molecule has 2 aromatic carbocycles. The fourth-order valence-corrected chi connectivity index (χ4v) is 2.22. The van der Waals surface area contributed by atoms with E-state index in [1.807, 2.05) is 19.1 Å². The molecule has 1 N–H and O–H groups in total. The summed E-state index contributed by atoms with van der Waals surface area (Å²) in [5.74, 6) is 0.933. The van der Waals surface area contributed by atoms with Gasteiger partial charge in [-0.05, 0) is 42.8 Å². The highest BCUT2D eigenvalue weighted by Gasteiger charge is 2.14. The van der Waals surface area contributed by atoms with Gasteiger partial charge < -0.3 is 14.8 Å². The summed E-state index contributed by atoms with van der Waals surface area (Å²) in [5.41, 5.74) is 1.50. The standard InChI is InChI=1S/C17H18ClNO3/c1-11(12-4-7-14(18)8-5-12)19-17(20)13-6-9-15(21-2)16(10-13)22-3/h4-11H,1-3H3,(H,19,20)/t11-/m0/s1. The summed E-state index contributed by atoms with van der Waals surface area (Å²) in [6.07, 6.45) is 0. The second-order valence-corrected chi connectivity index (χ2v) is 5.25. The number of carbonyl (C=O) groups is 1. The summed E-state index contributed by atoms with van der Waals surface area (Å²) in [5, 5.41) is 3.61. The van der Waals surface area contributed by atoms with E-state index in [1.54, 1.807) is 37.4 Å². The van der Waals surface area contributed by atoms with Crippen molar-refractivity contribution < 1.29 is 14.3 Å². The molecule has 116 valence electrons. The van der Waals surface area contributed by atoms with Gasteiger partial charge in [-0.3, -0.25) is 4.79 Å². The third-order valence-corrected chi connectivity index (χ3v) is 3.62. The van der Waals surface area contributed by atoms with E-state index in [9.17, 15) is 4.79 Å². The zero-order chi connectivity index (χ0) is 16.1. The third-order valence-electron chi connectivity index (χ3n) is 3.36. The molecule has 0 fully saturated rings. The van der Waals surface area contributed by atoms with Crippen LogP contribution in [0.1, 0.15) is 28.9 Å². The topological polar surface area (TPSA) is 47.6 Å². The van der Waals surface area contributed by atoms with Crippen LogP contribution in [-0.2, 0) is 0 Å². The number of benzene rings is 2. The van der Waals surface area contributed by atoms with Gasteiger partial charge in [0.1, 0.15) is 0 Å². The highest BCUT2D eigenvalue weighted by atomic mass is 35.5. The van der Waals surface area contributed by atoms with Gasteiger partial charge in [0, 0.05) is 10.6 Å². The molecular formula is C17H18ClNO3. The molecule has 2 aromatic rings. The van der Waals surface area contributed by atoms with Gasteiger partial charge in [0.25, 0.3) is 5.91 Å². The van der Waals surface area contributed by atoms with Crippen molar-refractivity contribution in [1.29, 1.82) is 0 Å². The monoisotopic (exact) mass is 319 g/mol. The second kappa shape index (κ2) is 7.18. The number of hydrogen-bond acceptors (Lipinski definition) is 3. The van der Waals surface area contributed by atoms with Gasteiger partial charge in [0.2, 0.25) is 0 Å². The average molecular weight is 320 g/mol. The lowest BCUT2D eigenvalue weighted by atomic mass is 10.1. The number of hydrogen-bond donors (Lipinski definition) is 1. The summed E-state index contributed by atoms with van der Waals surface area (Å²) in [6, 6.07) is 12.3. The van der Waals surface area contributed by atoms with Gasteiger partial charge in [0.05, 0.1) is 20.3 Å². The highest BCUT2D eigenvalue weighted by Crippen LogP contribution is 2.27. The Hall–Kier alpha value is -2.20. The van der Waals surface area contributed by atoms with Gasteiger partial charge in [0.15, 0.2) is 11.5 Å². The summed E-state index contributed by atoms with van der Waals surface area (Å²) in [7, 11) is 3.09. The second-order valence-electron chi connectivity index (χ2n) is 4.82. The summed E-state index contributed by atoms with van der Waals surface area (Å²) in [4.78, 5) is 12.3. The molecule has 0 heterocycles. The third kappa shape index (κ3) is 3.71. The summed E-state index contributed by atoms with van der Waals surface area (Å²) < 4.78 is 10.4. The molecule has 0 aliphatic rings. The Labute approximate surface area is 135 Å². The molecule has 0 saturated carbocycles. The van der Waals surface area contributed by atoms with Crippen LogP contribution in [0.5, 0.6) is 11.5 Å². The first-order valence-corrected chi connectivity index (χ1v) is 7.21. The predicted molar refractivity (Wildman–Crippen MR) is 86.9 cm³/mol. The molecular weight excluding hydrogens is 302 g/mol. The molecule has 1 amide bonds. The lowest BCUT2D eigenvalue weighted by molar-refractivity contribution is 0.0939. The number of halogens is 1. The molecule has 1 atom stereocenters. The van der Waals surface area contributed by atoms with Crippen molar-refractivity contribution in [3.63, 3.8) is 0 Å². The van der Waals surface area contributed by atoms with E-state index in [0.29, 0.717) is 22.1 Å². The van der Waals surface area contributed by atoms with E-state index in [2.05, 4.69) is 5.32 Å². The van der Waals surface area contributed by atoms with Crippen molar-refractivity contribution in [2.45, 2.75) is 13.0 Å². The molecule has 0 bridgehead atoms. The molecule has 0 spiro atoms. The van der Waals surface area contributed by atoms with Gasteiger partial charge in [-0.25, -0.2) is 0 Å². The first kappa shape index (κ1) is 16.2. The fourth-order valence-electron chi connectivity index (χ4n) is 2.09. The van der Waals surface area contributed by atoms with E-state index >= 15 is 0 Å². The van der Waals surface area contributed by atoms with Crippen molar-refractivity contribution in [3.05, 3.63) is 58.6 Å². The minimum Gasteiger partial charge on any atom is -0.493 e. The Morgan fingerprint density at radius 3 is 2.27 bits per heavy atom. The fraction of sp³-hybridized carbons (Fsp3) is 0.235. The van der Waals surface area contributed by atoms with E-state index in [-0.39, 0.29) is 11.9 Å². The Balaban J connectivity index is 2.13. The smallest absolute Gasteiger partial charge is 0.251 e. The van der Waals surface area contributed by atoms with Crippen LogP contribution in [-0.4, -0.2) is 20.1 Å². The van der Waals surface area contributed by atoms with Crippen LogP contribution in [0.4, 0.5) is 0 Å². The largest absolute Gasteiger partial charge is 0.493 e. The number of rotatable bonds is 5. The molecule has 5 heteroatoms. The average Bonchev–Trinajstić information content (AvgIpc) is 2.54. The minimum absolute atomic E-state index is 0.127. The number of carbonyl (C=O) groups excluding carboxylic acids is 1. The number of amides is 1. The van der Waals surface area contributed by atoms with E-state index < -0.39 is 0 Å². The first-order valence-electron chi connectivity index (χ1n) is 6.83. The van der Waals surface area contributed by atoms with E-state index in [0.717, 1.165) is 5.56 Å². The molecule has 4 nitrogen and oxygen atoms in total.